The number of hydrogen-bond donors (Lipinski definition) is 0. The van der Waals surface area contributed by atoms with Gasteiger partial charge in [0.05, 0.1) is 28.1 Å². The predicted molar refractivity (Wildman–Crippen MR) is 123 cm³/mol. The average molecular weight is 532 g/mol. The first-order valence-electron chi connectivity index (χ1n) is 8.67. The quantitative estimate of drug-likeness (QED) is 0.148. The number of benzene rings is 2. The number of anilines is 1. The van der Waals surface area contributed by atoms with Crippen LogP contribution in [0.1, 0.15) is 21.7 Å². The van der Waals surface area contributed by atoms with Crippen molar-refractivity contribution in [2.75, 3.05) is 5.01 Å². The zero-order chi connectivity index (χ0) is 21.3. The largest absolute Gasteiger partial charge is 0.433 e. The van der Waals surface area contributed by atoms with Crippen LogP contribution in [-0.4, -0.2) is 22.0 Å². The predicted octanol–water partition coefficient (Wildman–Crippen LogP) is 5.39. The summed E-state index contributed by atoms with van der Waals surface area (Å²) in [7, 11) is 0. The van der Waals surface area contributed by atoms with Crippen LogP contribution in [0.15, 0.2) is 64.1 Å². The van der Waals surface area contributed by atoms with Crippen molar-refractivity contribution in [2.45, 2.75) is 6.92 Å². The van der Waals surface area contributed by atoms with Crippen LogP contribution in [0, 0.1) is 20.6 Å². The molecule has 0 saturated heterocycles. The Morgan fingerprint density at radius 2 is 2.07 bits per heavy atom. The highest BCUT2D eigenvalue weighted by Gasteiger charge is 2.23. The number of hydrogen-bond acceptors (Lipinski definition) is 7. The third-order valence-corrected chi connectivity index (χ3v) is 6.04. The van der Waals surface area contributed by atoms with Gasteiger partial charge < -0.3 is 4.42 Å². The summed E-state index contributed by atoms with van der Waals surface area (Å²) in [5.41, 5.74) is 2.31. The van der Waals surface area contributed by atoms with E-state index in [0.717, 1.165) is 19.4 Å². The highest BCUT2D eigenvalue weighted by atomic mass is 127. The summed E-state index contributed by atoms with van der Waals surface area (Å²) >= 11 is 3.42. The summed E-state index contributed by atoms with van der Waals surface area (Å²) in [5.74, 6) is -0.616. The molecule has 0 unspecified atom stereocenters. The standard InChI is InChI=1S/C20H13IN4O4S/c1-12-6-8-16-17(10-12)30-20(23-16)24(19(26)14-4-2-3-5-15(14)21)22-11-13-7-9-18(29-13)25(27)28/h2-11H,1H3/b22-11+. The molecule has 2 aromatic carbocycles. The summed E-state index contributed by atoms with van der Waals surface area (Å²) < 4.78 is 6.81. The zero-order valence-electron chi connectivity index (χ0n) is 15.5. The van der Waals surface area contributed by atoms with E-state index in [0.29, 0.717) is 10.7 Å². The number of aromatic nitrogens is 1. The molecule has 0 bridgehead atoms. The second-order valence-corrected chi connectivity index (χ2v) is 8.41. The number of aryl methyl sites for hydroxylation is 1. The molecule has 150 valence electrons. The second kappa shape index (κ2) is 8.32. The van der Waals surface area contributed by atoms with Crippen LogP contribution in [0.5, 0.6) is 0 Å². The maximum Gasteiger partial charge on any atom is 0.433 e. The number of thiazole rings is 1. The molecule has 0 aliphatic rings. The minimum atomic E-state index is -0.636. The lowest BCUT2D eigenvalue weighted by Gasteiger charge is -2.14. The molecule has 2 aromatic heterocycles. The van der Waals surface area contributed by atoms with Gasteiger partial charge in [-0.05, 0) is 65.4 Å². The molecule has 0 radical (unpaired) electrons. The smallest absolute Gasteiger partial charge is 0.400 e. The molecular formula is C20H13IN4O4S. The topological polar surface area (TPSA) is 102 Å². The van der Waals surface area contributed by atoms with Gasteiger partial charge in [-0.15, -0.1) is 0 Å². The number of furan rings is 1. The highest BCUT2D eigenvalue weighted by molar-refractivity contribution is 14.1. The van der Waals surface area contributed by atoms with Crippen molar-refractivity contribution in [1.82, 2.24) is 4.98 Å². The van der Waals surface area contributed by atoms with E-state index in [4.69, 9.17) is 4.42 Å². The number of nitro groups is 1. The minimum absolute atomic E-state index is 0.152. The summed E-state index contributed by atoms with van der Waals surface area (Å²) in [6.45, 7) is 1.98. The molecule has 0 aliphatic heterocycles. The molecule has 0 saturated carbocycles. The van der Waals surface area contributed by atoms with Gasteiger partial charge in [-0.2, -0.15) is 10.1 Å². The highest BCUT2D eigenvalue weighted by Crippen LogP contribution is 2.31. The fourth-order valence-corrected chi connectivity index (χ4v) is 4.31. The molecule has 8 nitrogen and oxygen atoms in total. The van der Waals surface area contributed by atoms with Crippen molar-refractivity contribution in [3.05, 3.63) is 85.2 Å². The van der Waals surface area contributed by atoms with Gasteiger partial charge >= 0.3 is 5.88 Å². The Balaban J connectivity index is 1.76. The van der Waals surface area contributed by atoms with Crippen molar-refractivity contribution in [2.24, 2.45) is 5.10 Å². The molecule has 0 atom stereocenters. The number of fused-ring (bicyclic) bond motifs is 1. The summed E-state index contributed by atoms with van der Waals surface area (Å²) in [5, 5.41) is 16.7. The fourth-order valence-electron chi connectivity index (χ4n) is 2.67. The van der Waals surface area contributed by atoms with Gasteiger partial charge in [0.15, 0.2) is 5.76 Å². The molecule has 10 heteroatoms. The van der Waals surface area contributed by atoms with E-state index in [1.807, 2.05) is 37.3 Å². The van der Waals surface area contributed by atoms with Gasteiger partial charge in [0.2, 0.25) is 5.13 Å². The van der Waals surface area contributed by atoms with Gasteiger partial charge in [-0.3, -0.25) is 14.9 Å². The first-order valence-corrected chi connectivity index (χ1v) is 10.6. The Bertz CT molecular complexity index is 1300. The molecule has 4 aromatic rings. The third-order valence-electron chi connectivity index (χ3n) is 4.10. The number of amides is 1. The van der Waals surface area contributed by atoms with Crippen LogP contribution in [-0.2, 0) is 0 Å². The number of nitrogens with zero attached hydrogens (tertiary/aromatic N) is 4. The number of hydrazone groups is 1. The molecule has 4 rings (SSSR count). The van der Waals surface area contributed by atoms with E-state index >= 15 is 0 Å². The van der Waals surface area contributed by atoms with Crippen LogP contribution in [0.3, 0.4) is 0 Å². The zero-order valence-corrected chi connectivity index (χ0v) is 18.5. The van der Waals surface area contributed by atoms with Crippen LogP contribution < -0.4 is 5.01 Å². The molecule has 0 fully saturated rings. The molecule has 30 heavy (non-hydrogen) atoms. The molecule has 0 spiro atoms. The molecule has 0 aliphatic carbocycles. The van der Waals surface area contributed by atoms with Crippen LogP contribution in [0.25, 0.3) is 10.2 Å². The fraction of sp³-hybridized carbons (Fsp3) is 0.0500. The van der Waals surface area contributed by atoms with Gasteiger partial charge in [0.1, 0.15) is 4.92 Å². The third kappa shape index (κ3) is 4.09. The minimum Gasteiger partial charge on any atom is -0.400 e. The number of carbonyl (C=O) groups excluding carboxylic acids is 1. The molecule has 0 N–H and O–H groups in total. The Labute approximate surface area is 188 Å². The van der Waals surface area contributed by atoms with Crippen molar-refractivity contribution < 1.29 is 14.1 Å². The maximum atomic E-state index is 13.3. The normalized spacial score (nSPS) is 11.3. The summed E-state index contributed by atoms with van der Waals surface area (Å²) in [4.78, 5) is 28.0. The van der Waals surface area contributed by atoms with E-state index in [1.54, 1.807) is 12.1 Å². The number of rotatable bonds is 5. The second-order valence-electron chi connectivity index (χ2n) is 6.24. The first kappa shape index (κ1) is 20.2. The SMILES string of the molecule is Cc1ccc2nc(N(/N=C/c3ccc([N+](=O)[O-])o3)C(=O)c3ccccc3I)sc2c1. The van der Waals surface area contributed by atoms with Crippen LogP contribution in [0.2, 0.25) is 0 Å². The average Bonchev–Trinajstić information content (AvgIpc) is 3.35. The van der Waals surface area contributed by atoms with E-state index in [-0.39, 0.29) is 11.7 Å². The lowest BCUT2D eigenvalue weighted by Crippen LogP contribution is -2.26. The lowest BCUT2D eigenvalue weighted by atomic mass is 10.2. The summed E-state index contributed by atoms with van der Waals surface area (Å²) in [6, 6.07) is 15.6. The van der Waals surface area contributed by atoms with E-state index in [9.17, 15) is 14.9 Å². The molecular weight excluding hydrogens is 519 g/mol. The lowest BCUT2D eigenvalue weighted by molar-refractivity contribution is -0.402. The van der Waals surface area contributed by atoms with Gasteiger partial charge in [-0.25, -0.2) is 4.98 Å². The van der Waals surface area contributed by atoms with Gasteiger partial charge in [0, 0.05) is 3.57 Å². The monoisotopic (exact) mass is 532 g/mol. The first-order chi connectivity index (χ1) is 14.4. The number of carbonyl (C=O) groups is 1. The Hall–Kier alpha value is -3.12. The Morgan fingerprint density at radius 1 is 1.27 bits per heavy atom. The molecule has 1 amide bonds. The molecule has 2 heterocycles. The van der Waals surface area contributed by atoms with E-state index in [2.05, 4.69) is 32.7 Å². The van der Waals surface area contributed by atoms with Crippen molar-refractivity contribution >= 4 is 67.3 Å². The van der Waals surface area contributed by atoms with Gasteiger partial charge in [0.25, 0.3) is 5.91 Å². The van der Waals surface area contributed by atoms with Crippen molar-refractivity contribution in [3.8, 4) is 0 Å². The van der Waals surface area contributed by atoms with Crippen LogP contribution >= 0.6 is 33.9 Å². The Kier molecular flexibility index (Phi) is 5.59. The van der Waals surface area contributed by atoms with E-state index in [1.165, 1.54) is 34.7 Å². The summed E-state index contributed by atoms with van der Waals surface area (Å²) in [6.07, 6.45) is 1.26. The number of halogens is 1. The van der Waals surface area contributed by atoms with Crippen molar-refractivity contribution in [1.29, 1.82) is 0 Å². The maximum absolute atomic E-state index is 13.3. The van der Waals surface area contributed by atoms with E-state index < -0.39 is 10.8 Å². The van der Waals surface area contributed by atoms with Crippen LogP contribution in [0.4, 0.5) is 11.0 Å². The van der Waals surface area contributed by atoms with Gasteiger partial charge in [-0.1, -0.05) is 29.5 Å². The Morgan fingerprint density at radius 3 is 2.80 bits per heavy atom. The van der Waals surface area contributed by atoms with Crippen molar-refractivity contribution in [3.63, 3.8) is 0 Å².